The fourth-order valence-corrected chi connectivity index (χ4v) is 3.91. The summed E-state index contributed by atoms with van der Waals surface area (Å²) in [6, 6.07) is 5.08. The highest BCUT2D eigenvalue weighted by molar-refractivity contribution is 5.33. The van der Waals surface area contributed by atoms with Gasteiger partial charge >= 0.3 is 0 Å². The van der Waals surface area contributed by atoms with E-state index in [-0.39, 0.29) is 11.9 Å². The largest absolute Gasteiger partial charge is 0.494 e. The Morgan fingerprint density at radius 3 is 2.78 bits per heavy atom. The van der Waals surface area contributed by atoms with Gasteiger partial charge in [0.25, 0.3) is 0 Å². The van der Waals surface area contributed by atoms with Crippen LogP contribution in [0.5, 0.6) is 5.75 Å². The minimum Gasteiger partial charge on any atom is -0.494 e. The molecule has 0 aliphatic heterocycles. The van der Waals surface area contributed by atoms with Crippen molar-refractivity contribution in [2.24, 2.45) is 23.5 Å². The fraction of sp³-hybridized carbons (Fsp3) is 0.600. The smallest absolute Gasteiger partial charge is 0.169 e. The molecule has 0 aromatic heterocycles. The molecule has 98 valence electrons. The maximum absolute atomic E-state index is 14.2. The number of hydrogen-bond donors (Lipinski definition) is 1. The molecule has 2 N–H and O–H groups in total. The van der Waals surface area contributed by atoms with Gasteiger partial charge in [0.1, 0.15) is 0 Å². The van der Waals surface area contributed by atoms with E-state index in [0.29, 0.717) is 23.1 Å². The normalized spacial score (nSPS) is 31.6. The molecular weight excluding hydrogens is 229 g/mol. The van der Waals surface area contributed by atoms with Gasteiger partial charge in [0, 0.05) is 11.6 Å². The lowest BCUT2D eigenvalue weighted by Gasteiger charge is -2.28. The molecule has 1 aromatic carbocycles. The molecule has 3 heteroatoms. The number of nitrogens with two attached hydrogens (primary N) is 1. The lowest BCUT2D eigenvalue weighted by molar-refractivity contribution is 0.278. The summed E-state index contributed by atoms with van der Waals surface area (Å²) in [5, 5.41) is 0. The molecule has 4 atom stereocenters. The van der Waals surface area contributed by atoms with E-state index < -0.39 is 0 Å². The summed E-state index contributed by atoms with van der Waals surface area (Å²) >= 11 is 0. The van der Waals surface area contributed by atoms with Gasteiger partial charge in [0.2, 0.25) is 0 Å². The third-order valence-corrected chi connectivity index (χ3v) is 4.83. The Morgan fingerprint density at radius 2 is 2.17 bits per heavy atom. The van der Waals surface area contributed by atoms with E-state index in [1.54, 1.807) is 12.1 Å². The lowest BCUT2D eigenvalue weighted by atomic mass is 9.81. The third-order valence-electron chi connectivity index (χ3n) is 4.83. The first-order valence-corrected chi connectivity index (χ1v) is 6.78. The molecule has 0 spiro atoms. The first kappa shape index (κ1) is 12.0. The highest BCUT2D eigenvalue weighted by atomic mass is 19.1. The van der Waals surface area contributed by atoms with Crippen LogP contribution in [0, 0.1) is 23.6 Å². The second-order valence-corrected chi connectivity index (χ2v) is 5.73. The number of benzene rings is 1. The van der Waals surface area contributed by atoms with Crippen molar-refractivity contribution in [3.05, 3.63) is 29.6 Å². The van der Waals surface area contributed by atoms with Crippen molar-refractivity contribution < 1.29 is 9.13 Å². The third kappa shape index (κ3) is 1.81. The van der Waals surface area contributed by atoms with E-state index >= 15 is 0 Å². The van der Waals surface area contributed by atoms with Gasteiger partial charge in [-0.3, -0.25) is 0 Å². The van der Waals surface area contributed by atoms with E-state index in [0.717, 1.165) is 5.92 Å². The minimum atomic E-state index is -0.282. The second kappa shape index (κ2) is 4.54. The Hall–Kier alpha value is -1.09. The van der Waals surface area contributed by atoms with Crippen molar-refractivity contribution in [3.63, 3.8) is 0 Å². The van der Waals surface area contributed by atoms with Gasteiger partial charge in [0.15, 0.2) is 11.6 Å². The van der Waals surface area contributed by atoms with E-state index in [2.05, 4.69) is 0 Å². The zero-order valence-electron chi connectivity index (χ0n) is 10.7. The number of halogens is 1. The molecule has 4 unspecified atom stereocenters. The average molecular weight is 249 g/mol. The van der Waals surface area contributed by atoms with Crippen molar-refractivity contribution in [2.45, 2.75) is 31.7 Å². The number of ether oxygens (including phenoxy) is 1. The predicted octanol–water partition coefficient (Wildman–Crippen LogP) is 3.27. The van der Waals surface area contributed by atoms with Gasteiger partial charge in [-0.15, -0.1) is 0 Å². The van der Waals surface area contributed by atoms with E-state index in [9.17, 15) is 4.39 Å². The molecule has 0 heterocycles. The number of hydrogen-bond acceptors (Lipinski definition) is 2. The standard InChI is InChI=1S/C15H20FNO/c1-18-13-4-2-3-11(14(13)16)15(17)12-8-9-5-6-10(12)7-9/h2-4,9-10,12,15H,5-8,17H2,1H3. The van der Waals surface area contributed by atoms with E-state index in [1.807, 2.05) is 6.07 Å². The van der Waals surface area contributed by atoms with E-state index in [1.165, 1.54) is 32.8 Å². The predicted molar refractivity (Wildman–Crippen MR) is 68.8 cm³/mol. The Balaban J connectivity index is 1.86. The molecule has 2 bridgehead atoms. The van der Waals surface area contributed by atoms with Gasteiger partial charge in [-0.25, -0.2) is 4.39 Å². The SMILES string of the molecule is COc1cccc(C(N)C2CC3CCC2C3)c1F. The maximum Gasteiger partial charge on any atom is 0.169 e. The van der Waals surface area contributed by atoms with Crippen molar-refractivity contribution in [2.75, 3.05) is 7.11 Å². The van der Waals surface area contributed by atoms with Crippen molar-refractivity contribution >= 4 is 0 Å². The zero-order chi connectivity index (χ0) is 12.7. The molecule has 3 rings (SSSR count). The molecule has 2 fully saturated rings. The van der Waals surface area contributed by atoms with Gasteiger partial charge in [0.05, 0.1) is 7.11 Å². The highest BCUT2D eigenvalue weighted by Gasteiger charge is 2.43. The van der Waals surface area contributed by atoms with Crippen LogP contribution < -0.4 is 10.5 Å². The summed E-state index contributed by atoms with van der Waals surface area (Å²) in [5.41, 5.74) is 6.93. The van der Waals surface area contributed by atoms with Crippen LogP contribution in [0.15, 0.2) is 18.2 Å². The highest BCUT2D eigenvalue weighted by Crippen LogP contribution is 2.52. The molecule has 2 aliphatic carbocycles. The molecule has 0 amide bonds. The molecule has 18 heavy (non-hydrogen) atoms. The zero-order valence-corrected chi connectivity index (χ0v) is 10.7. The maximum atomic E-state index is 14.2. The first-order valence-electron chi connectivity index (χ1n) is 6.78. The minimum absolute atomic E-state index is 0.185. The molecule has 0 saturated heterocycles. The van der Waals surface area contributed by atoms with Gasteiger partial charge in [-0.1, -0.05) is 18.6 Å². The Kier molecular flexibility index (Phi) is 3.02. The van der Waals surface area contributed by atoms with Crippen molar-refractivity contribution in [1.29, 1.82) is 0 Å². The Morgan fingerprint density at radius 1 is 1.33 bits per heavy atom. The molecule has 2 nitrogen and oxygen atoms in total. The van der Waals surface area contributed by atoms with Crippen LogP contribution in [0.2, 0.25) is 0 Å². The van der Waals surface area contributed by atoms with Gasteiger partial charge in [-0.05, 0) is 43.1 Å². The summed E-state index contributed by atoms with van der Waals surface area (Å²) in [6.45, 7) is 0. The molecule has 0 radical (unpaired) electrons. The molecule has 2 saturated carbocycles. The fourth-order valence-electron chi connectivity index (χ4n) is 3.91. The van der Waals surface area contributed by atoms with Crippen LogP contribution in [0.3, 0.4) is 0 Å². The van der Waals surface area contributed by atoms with Crippen molar-refractivity contribution in [1.82, 2.24) is 0 Å². The monoisotopic (exact) mass is 249 g/mol. The Bertz CT molecular complexity index is 448. The van der Waals surface area contributed by atoms with Crippen LogP contribution in [0.4, 0.5) is 4.39 Å². The Labute approximate surface area is 107 Å². The van der Waals surface area contributed by atoms with Crippen LogP contribution in [0.1, 0.15) is 37.3 Å². The number of rotatable bonds is 3. The molecular formula is C15H20FNO. The second-order valence-electron chi connectivity index (χ2n) is 5.73. The van der Waals surface area contributed by atoms with Gasteiger partial charge < -0.3 is 10.5 Å². The van der Waals surface area contributed by atoms with Crippen molar-refractivity contribution in [3.8, 4) is 5.75 Å². The summed E-state index contributed by atoms with van der Waals surface area (Å²) in [5.74, 6) is 2.00. The van der Waals surface area contributed by atoms with E-state index in [4.69, 9.17) is 10.5 Å². The summed E-state index contributed by atoms with van der Waals surface area (Å²) in [6.07, 6.45) is 5.08. The average Bonchev–Trinajstić information content (AvgIpc) is 3.00. The number of fused-ring (bicyclic) bond motifs is 2. The molecule has 2 aliphatic rings. The quantitative estimate of drug-likeness (QED) is 0.892. The van der Waals surface area contributed by atoms with Crippen LogP contribution in [0.25, 0.3) is 0 Å². The van der Waals surface area contributed by atoms with Crippen LogP contribution in [-0.4, -0.2) is 7.11 Å². The molecule has 1 aromatic rings. The summed E-state index contributed by atoms with van der Waals surface area (Å²) < 4.78 is 19.2. The van der Waals surface area contributed by atoms with Crippen LogP contribution in [-0.2, 0) is 0 Å². The summed E-state index contributed by atoms with van der Waals surface area (Å²) in [4.78, 5) is 0. The first-order chi connectivity index (χ1) is 8.70. The summed E-state index contributed by atoms with van der Waals surface area (Å²) in [7, 11) is 1.49. The lowest BCUT2D eigenvalue weighted by Crippen LogP contribution is -2.26. The van der Waals surface area contributed by atoms with Gasteiger partial charge in [-0.2, -0.15) is 0 Å². The van der Waals surface area contributed by atoms with Crippen LogP contribution >= 0.6 is 0 Å². The topological polar surface area (TPSA) is 35.2 Å². The number of methoxy groups -OCH3 is 1.